The molecule has 4 nitrogen and oxygen atoms in total. The van der Waals surface area contributed by atoms with E-state index >= 15 is 0 Å². The fourth-order valence-electron chi connectivity index (χ4n) is 2.05. The molecule has 0 aliphatic heterocycles. The minimum absolute atomic E-state index is 0.0150. The lowest BCUT2D eigenvalue weighted by molar-refractivity contribution is 0.0727. The average molecular weight is 246 g/mol. The molecular formula is C14H18N2O2. The number of aromatic nitrogens is 1. The molecule has 2 rings (SSSR count). The van der Waals surface area contributed by atoms with Crippen molar-refractivity contribution in [3.63, 3.8) is 0 Å². The predicted octanol–water partition coefficient (Wildman–Crippen LogP) is 1.93. The highest BCUT2D eigenvalue weighted by molar-refractivity contribution is 5.98. The molecule has 2 N–H and O–H groups in total. The first-order chi connectivity index (χ1) is 8.65. The predicted molar refractivity (Wildman–Crippen MR) is 71.7 cm³/mol. The normalized spacial score (nSPS) is 10.8. The summed E-state index contributed by atoms with van der Waals surface area (Å²) in [7, 11) is 0. The number of fused-ring (bicyclic) bond motifs is 1. The number of hydrogen-bond donors (Lipinski definition) is 2. The lowest BCUT2D eigenvalue weighted by atomic mass is 10.2. The second-order valence-electron chi connectivity index (χ2n) is 4.38. The van der Waals surface area contributed by atoms with Gasteiger partial charge in [-0.25, -0.2) is 0 Å². The SMILES string of the molecule is CCN(CCO)C(=O)c1cc2ccc(C)cc2[nH]1. The summed E-state index contributed by atoms with van der Waals surface area (Å²) in [5, 5.41) is 9.97. The maximum atomic E-state index is 12.2. The Morgan fingerprint density at radius 1 is 1.39 bits per heavy atom. The molecule has 0 fully saturated rings. The van der Waals surface area contributed by atoms with Gasteiger partial charge in [0.2, 0.25) is 0 Å². The van der Waals surface area contributed by atoms with E-state index in [0.717, 1.165) is 16.5 Å². The molecule has 0 saturated heterocycles. The van der Waals surface area contributed by atoms with Gasteiger partial charge in [0.05, 0.1) is 6.61 Å². The Labute approximate surface area is 106 Å². The number of likely N-dealkylation sites (N-methyl/N-ethyl adjacent to an activating group) is 1. The van der Waals surface area contributed by atoms with Crippen molar-refractivity contribution in [3.8, 4) is 0 Å². The summed E-state index contributed by atoms with van der Waals surface area (Å²) in [5.74, 6) is -0.0691. The Kier molecular flexibility index (Phi) is 3.67. The molecule has 18 heavy (non-hydrogen) atoms. The minimum atomic E-state index is -0.0691. The lowest BCUT2D eigenvalue weighted by Crippen LogP contribution is -2.33. The van der Waals surface area contributed by atoms with E-state index in [1.165, 1.54) is 0 Å². The van der Waals surface area contributed by atoms with Crippen molar-refractivity contribution in [3.05, 3.63) is 35.5 Å². The summed E-state index contributed by atoms with van der Waals surface area (Å²) in [6, 6.07) is 7.90. The van der Waals surface area contributed by atoms with Gasteiger partial charge in [0.25, 0.3) is 5.91 Å². The number of amides is 1. The molecule has 1 amide bonds. The first kappa shape index (κ1) is 12.6. The van der Waals surface area contributed by atoms with E-state index in [1.54, 1.807) is 4.90 Å². The zero-order valence-electron chi connectivity index (χ0n) is 10.7. The van der Waals surface area contributed by atoms with E-state index in [1.807, 2.05) is 38.1 Å². The number of aliphatic hydroxyl groups excluding tert-OH is 1. The molecule has 0 aliphatic rings. The molecule has 0 spiro atoms. The zero-order chi connectivity index (χ0) is 13.1. The van der Waals surface area contributed by atoms with E-state index in [0.29, 0.717) is 18.8 Å². The number of aliphatic hydroxyl groups is 1. The second kappa shape index (κ2) is 5.23. The largest absolute Gasteiger partial charge is 0.395 e. The molecule has 4 heteroatoms. The average Bonchev–Trinajstić information content (AvgIpc) is 2.77. The quantitative estimate of drug-likeness (QED) is 0.866. The number of aromatic amines is 1. The van der Waals surface area contributed by atoms with Crippen LogP contribution in [0.15, 0.2) is 24.3 Å². The summed E-state index contributed by atoms with van der Waals surface area (Å²) in [6.45, 7) is 4.86. The van der Waals surface area contributed by atoms with Crippen molar-refractivity contribution in [2.75, 3.05) is 19.7 Å². The molecule has 0 aliphatic carbocycles. The maximum absolute atomic E-state index is 12.2. The third-order valence-corrected chi connectivity index (χ3v) is 3.05. The first-order valence-corrected chi connectivity index (χ1v) is 6.15. The van der Waals surface area contributed by atoms with Crippen LogP contribution < -0.4 is 0 Å². The molecular weight excluding hydrogens is 228 g/mol. The van der Waals surface area contributed by atoms with Crippen LogP contribution in [-0.2, 0) is 0 Å². The number of rotatable bonds is 4. The molecule has 0 bridgehead atoms. The van der Waals surface area contributed by atoms with Gasteiger partial charge in [0.1, 0.15) is 5.69 Å². The van der Waals surface area contributed by atoms with Crippen LogP contribution in [0.25, 0.3) is 10.9 Å². The third kappa shape index (κ3) is 2.38. The van der Waals surface area contributed by atoms with E-state index in [9.17, 15) is 4.79 Å². The topological polar surface area (TPSA) is 56.3 Å². The van der Waals surface area contributed by atoms with Crippen molar-refractivity contribution in [1.82, 2.24) is 9.88 Å². The van der Waals surface area contributed by atoms with Crippen molar-refractivity contribution in [1.29, 1.82) is 0 Å². The van der Waals surface area contributed by atoms with Crippen LogP contribution in [0.4, 0.5) is 0 Å². The van der Waals surface area contributed by atoms with Crippen molar-refractivity contribution in [2.24, 2.45) is 0 Å². The fourth-order valence-corrected chi connectivity index (χ4v) is 2.05. The van der Waals surface area contributed by atoms with Crippen molar-refractivity contribution in [2.45, 2.75) is 13.8 Å². The number of carbonyl (C=O) groups excluding carboxylic acids is 1. The Bertz CT molecular complexity index is 560. The third-order valence-electron chi connectivity index (χ3n) is 3.05. The van der Waals surface area contributed by atoms with Crippen LogP contribution in [0.3, 0.4) is 0 Å². The van der Waals surface area contributed by atoms with Gasteiger partial charge < -0.3 is 15.0 Å². The van der Waals surface area contributed by atoms with E-state index in [2.05, 4.69) is 4.98 Å². The van der Waals surface area contributed by atoms with Crippen LogP contribution >= 0.6 is 0 Å². The summed E-state index contributed by atoms with van der Waals surface area (Å²) < 4.78 is 0. The first-order valence-electron chi connectivity index (χ1n) is 6.15. The highest BCUT2D eigenvalue weighted by atomic mass is 16.3. The zero-order valence-corrected chi connectivity index (χ0v) is 10.7. The Hall–Kier alpha value is -1.81. The molecule has 1 heterocycles. The smallest absolute Gasteiger partial charge is 0.270 e. The second-order valence-corrected chi connectivity index (χ2v) is 4.38. The van der Waals surface area contributed by atoms with Crippen LogP contribution in [0, 0.1) is 6.92 Å². The van der Waals surface area contributed by atoms with Crippen molar-refractivity contribution < 1.29 is 9.90 Å². The number of nitrogens with zero attached hydrogens (tertiary/aromatic N) is 1. The van der Waals surface area contributed by atoms with Gasteiger partial charge in [-0.05, 0) is 31.5 Å². The monoisotopic (exact) mass is 246 g/mol. The number of hydrogen-bond acceptors (Lipinski definition) is 2. The fraction of sp³-hybridized carbons (Fsp3) is 0.357. The Morgan fingerprint density at radius 2 is 2.17 bits per heavy atom. The maximum Gasteiger partial charge on any atom is 0.270 e. The molecule has 0 radical (unpaired) electrons. The van der Waals surface area contributed by atoms with Gasteiger partial charge >= 0.3 is 0 Å². The number of benzene rings is 1. The van der Waals surface area contributed by atoms with E-state index in [-0.39, 0.29) is 12.5 Å². The van der Waals surface area contributed by atoms with Gasteiger partial charge in [-0.1, -0.05) is 12.1 Å². The summed E-state index contributed by atoms with van der Waals surface area (Å²) in [5.41, 5.74) is 2.70. The lowest BCUT2D eigenvalue weighted by Gasteiger charge is -2.18. The molecule has 0 unspecified atom stereocenters. The molecule has 1 aromatic carbocycles. The highest BCUT2D eigenvalue weighted by Crippen LogP contribution is 2.17. The van der Waals surface area contributed by atoms with E-state index < -0.39 is 0 Å². The van der Waals surface area contributed by atoms with Gasteiger partial charge in [-0.3, -0.25) is 4.79 Å². The number of carbonyl (C=O) groups is 1. The van der Waals surface area contributed by atoms with Crippen molar-refractivity contribution >= 4 is 16.8 Å². The molecule has 0 saturated carbocycles. The summed E-state index contributed by atoms with van der Waals surface area (Å²) in [6.07, 6.45) is 0. The molecule has 96 valence electrons. The minimum Gasteiger partial charge on any atom is -0.395 e. The van der Waals surface area contributed by atoms with Crippen LogP contribution in [0.1, 0.15) is 23.0 Å². The van der Waals surface area contributed by atoms with Crippen LogP contribution in [0.2, 0.25) is 0 Å². The Morgan fingerprint density at radius 3 is 2.83 bits per heavy atom. The van der Waals surface area contributed by atoms with Gasteiger partial charge in [-0.2, -0.15) is 0 Å². The standard InChI is InChI=1S/C14H18N2O2/c1-3-16(6-7-17)14(18)13-9-11-5-4-10(2)8-12(11)15-13/h4-5,8-9,15,17H,3,6-7H2,1-2H3. The summed E-state index contributed by atoms with van der Waals surface area (Å²) >= 11 is 0. The van der Waals surface area contributed by atoms with Gasteiger partial charge in [0.15, 0.2) is 0 Å². The number of aryl methyl sites for hydroxylation is 1. The summed E-state index contributed by atoms with van der Waals surface area (Å²) in [4.78, 5) is 17.0. The molecule has 2 aromatic rings. The van der Waals surface area contributed by atoms with Crippen LogP contribution in [-0.4, -0.2) is 40.6 Å². The van der Waals surface area contributed by atoms with Gasteiger partial charge in [0, 0.05) is 24.0 Å². The van der Waals surface area contributed by atoms with Crippen LogP contribution in [0.5, 0.6) is 0 Å². The molecule has 1 aromatic heterocycles. The molecule has 0 atom stereocenters. The Balaban J connectivity index is 2.32. The number of nitrogens with one attached hydrogen (secondary N) is 1. The van der Waals surface area contributed by atoms with E-state index in [4.69, 9.17) is 5.11 Å². The highest BCUT2D eigenvalue weighted by Gasteiger charge is 2.15. The van der Waals surface area contributed by atoms with Gasteiger partial charge in [-0.15, -0.1) is 0 Å². The number of H-pyrrole nitrogens is 1.